The summed E-state index contributed by atoms with van der Waals surface area (Å²) in [7, 11) is 1.66. The lowest BCUT2D eigenvalue weighted by atomic mass is 9.36. The van der Waals surface area contributed by atoms with Gasteiger partial charge >= 0.3 is 6.03 Å². The van der Waals surface area contributed by atoms with Crippen LogP contribution in [0.5, 0.6) is 0 Å². The number of amides is 2. The minimum atomic E-state index is -0.482. The molecule has 2 amide bonds. The number of nitrogens with zero attached hydrogens (tertiary/aromatic N) is 1. The van der Waals surface area contributed by atoms with E-state index in [1.54, 1.807) is 7.05 Å². The molecular formula is C31H43N3O3. The maximum absolute atomic E-state index is 14.4. The van der Waals surface area contributed by atoms with Crippen LogP contribution in [0.15, 0.2) is 23.4 Å². The summed E-state index contributed by atoms with van der Waals surface area (Å²) in [6.07, 6.45) is 10.2. The Morgan fingerprint density at radius 3 is 2.35 bits per heavy atom. The van der Waals surface area contributed by atoms with Crippen molar-refractivity contribution in [2.75, 3.05) is 7.05 Å². The molecule has 0 aliphatic heterocycles. The first kappa shape index (κ1) is 26.2. The van der Waals surface area contributed by atoms with E-state index in [-0.39, 0.29) is 68.8 Å². The van der Waals surface area contributed by atoms with Gasteiger partial charge in [0.2, 0.25) is 5.70 Å². The number of nitrogens with one attached hydrogen (secondary N) is 2. The van der Waals surface area contributed by atoms with Crippen LogP contribution in [0.2, 0.25) is 0 Å². The zero-order chi connectivity index (χ0) is 27.2. The molecular weight excluding hydrogens is 462 g/mol. The Morgan fingerprint density at radius 2 is 1.70 bits per heavy atom. The lowest BCUT2D eigenvalue weighted by Gasteiger charge is -2.68. The predicted molar refractivity (Wildman–Crippen MR) is 143 cm³/mol. The van der Waals surface area contributed by atoms with Gasteiger partial charge in [0.25, 0.3) is 0 Å². The second kappa shape index (κ2) is 8.04. The molecule has 6 nitrogen and oxygen atoms in total. The molecule has 0 bridgehead atoms. The van der Waals surface area contributed by atoms with E-state index in [2.05, 4.69) is 50.1 Å². The van der Waals surface area contributed by atoms with Gasteiger partial charge in [-0.25, -0.2) is 9.64 Å². The number of urea groups is 1. The summed E-state index contributed by atoms with van der Waals surface area (Å²) >= 11 is 0. The number of ketones is 2. The fraction of sp³-hybridized carbons (Fsp3) is 0.742. The van der Waals surface area contributed by atoms with E-state index in [4.69, 9.17) is 6.57 Å². The van der Waals surface area contributed by atoms with Crippen LogP contribution in [-0.4, -0.2) is 30.2 Å². The van der Waals surface area contributed by atoms with E-state index in [0.29, 0.717) is 0 Å². The van der Waals surface area contributed by atoms with Crippen molar-refractivity contribution in [1.82, 2.24) is 10.6 Å². The molecule has 2 N–H and O–H groups in total. The second-order valence-corrected chi connectivity index (χ2v) is 14.2. The van der Waals surface area contributed by atoms with Crippen molar-refractivity contribution in [3.63, 3.8) is 0 Å². The average molecular weight is 506 g/mol. The smallest absolute Gasteiger partial charge is 0.314 e. The van der Waals surface area contributed by atoms with Crippen LogP contribution in [0.3, 0.4) is 0 Å². The van der Waals surface area contributed by atoms with Gasteiger partial charge in [0.1, 0.15) is 0 Å². The summed E-state index contributed by atoms with van der Waals surface area (Å²) in [4.78, 5) is 43.5. The van der Waals surface area contributed by atoms with Crippen LogP contribution in [0.1, 0.15) is 86.5 Å². The Balaban J connectivity index is 1.66. The topological polar surface area (TPSA) is 79.6 Å². The second-order valence-electron chi connectivity index (χ2n) is 14.2. The van der Waals surface area contributed by atoms with Crippen LogP contribution in [-0.2, 0) is 9.59 Å². The normalized spacial score (nSPS) is 46.1. The number of hydrogen-bond acceptors (Lipinski definition) is 3. The molecule has 0 unspecified atom stereocenters. The summed E-state index contributed by atoms with van der Waals surface area (Å²) in [5.41, 5.74) is 0.126. The Morgan fingerprint density at radius 1 is 1.03 bits per heavy atom. The predicted octanol–water partition coefficient (Wildman–Crippen LogP) is 5.85. The molecule has 0 aromatic rings. The van der Waals surface area contributed by atoms with E-state index >= 15 is 0 Å². The highest BCUT2D eigenvalue weighted by Crippen LogP contribution is 2.72. The summed E-state index contributed by atoms with van der Waals surface area (Å²) in [5.74, 6) is -0.103. The minimum Gasteiger partial charge on any atom is -0.341 e. The quantitative estimate of drug-likeness (QED) is 0.439. The zero-order valence-corrected chi connectivity index (χ0v) is 23.6. The van der Waals surface area contributed by atoms with Crippen molar-refractivity contribution in [2.45, 2.75) is 92.0 Å². The Hall–Kier alpha value is -2.42. The number of carbonyl (C=O) groups is 3. The molecule has 5 aliphatic rings. The molecule has 0 aromatic carbocycles. The molecule has 0 saturated heterocycles. The van der Waals surface area contributed by atoms with Gasteiger partial charge in [-0.15, -0.1) is 0 Å². The standard InChI is InChI=1S/C31H43N3O3/c1-18-19-9-10-29(5)23(28(19,4)17-21(32-7)25(18)36)15-22(35)24-20-16-27(2,3)11-13-31(20,34-26(37)33-8)14-12-30(24,29)6/h15,17-20,24H,9-14,16H2,1-6,8H3,(H2,33,34,37)/t18-,19-,20-,24-,28-,29+,30+,31-/m0/s1. The lowest BCUT2D eigenvalue weighted by molar-refractivity contribution is -0.158. The van der Waals surface area contributed by atoms with Crippen LogP contribution in [0.25, 0.3) is 4.85 Å². The van der Waals surface area contributed by atoms with Crippen molar-refractivity contribution >= 4 is 17.6 Å². The minimum absolute atomic E-state index is 0.0555. The molecule has 3 fully saturated rings. The van der Waals surface area contributed by atoms with Gasteiger partial charge in [-0.3, -0.25) is 4.79 Å². The number of carbonyl (C=O) groups excluding carboxylic acids is 3. The third kappa shape index (κ3) is 3.38. The molecule has 3 saturated carbocycles. The zero-order valence-electron chi connectivity index (χ0n) is 23.6. The maximum atomic E-state index is 14.4. The van der Waals surface area contributed by atoms with Gasteiger partial charge in [-0.2, -0.15) is 0 Å². The summed E-state index contributed by atoms with van der Waals surface area (Å²) in [6.45, 7) is 21.0. The number of fused-ring (bicyclic) bond motifs is 7. The highest BCUT2D eigenvalue weighted by molar-refractivity contribution is 6.01. The van der Waals surface area contributed by atoms with Crippen LogP contribution >= 0.6 is 0 Å². The molecule has 37 heavy (non-hydrogen) atoms. The lowest BCUT2D eigenvalue weighted by Crippen LogP contribution is -2.70. The molecule has 0 aromatic heterocycles. The van der Waals surface area contributed by atoms with Gasteiger partial charge in [-0.05, 0) is 79.1 Å². The van der Waals surface area contributed by atoms with Crippen LogP contribution < -0.4 is 10.6 Å². The van der Waals surface area contributed by atoms with E-state index in [1.807, 2.05) is 19.1 Å². The highest BCUT2D eigenvalue weighted by Gasteiger charge is 2.69. The molecule has 5 rings (SSSR count). The number of Topliss-reactive ketones (excluding diaryl/α,β-unsaturated/α-hetero) is 1. The van der Waals surface area contributed by atoms with Gasteiger partial charge in [0.05, 0.1) is 6.57 Å². The highest BCUT2D eigenvalue weighted by atomic mass is 16.2. The molecule has 6 heteroatoms. The molecule has 5 aliphatic carbocycles. The van der Waals surface area contributed by atoms with Crippen molar-refractivity contribution in [1.29, 1.82) is 0 Å². The van der Waals surface area contributed by atoms with E-state index in [0.717, 1.165) is 50.5 Å². The first-order valence-corrected chi connectivity index (χ1v) is 14.1. The first-order chi connectivity index (χ1) is 17.2. The Bertz CT molecular complexity index is 1180. The first-order valence-electron chi connectivity index (χ1n) is 14.1. The van der Waals surface area contributed by atoms with Crippen molar-refractivity contribution < 1.29 is 14.4 Å². The Kier molecular flexibility index (Phi) is 5.69. The van der Waals surface area contributed by atoms with Gasteiger partial charge < -0.3 is 15.4 Å². The summed E-state index contributed by atoms with van der Waals surface area (Å²) in [6, 6.07) is -0.162. The Labute approximate surface area is 221 Å². The number of allylic oxidation sites excluding steroid dienone is 4. The summed E-state index contributed by atoms with van der Waals surface area (Å²) < 4.78 is 0. The monoisotopic (exact) mass is 505 g/mol. The molecule has 200 valence electrons. The fourth-order valence-electron chi connectivity index (χ4n) is 9.73. The molecule has 0 heterocycles. The molecule has 0 radical (unpaired) electrons. The fourth-order valence-corrected chi connectivity index (χ4v) is 9.73. The van der Waals surface area contributed by atoms with Crippen molar-refractivity contribution in [3.05, 3.63) is 34.8 Å². The third-order valence-electron chi connectivity index (χ3n) is 12.1. The van der Waals surface area contributed by atoms with Gasteiger partial charge in [0, 0.05) is 29.8 Å². The third-order valence-corrected chi connectivity index (χ3v) is 12.1. The van der Waals surface area contributed by atoms with Crippen molar-refractivity contribution in [3.8, 4) is 0 Å². The largest absolute Gasteiger partial charge is 0.341 e. The maximum Gasteiger partial charge on any atom is 0.314 e. The molecule has 8 atom stereocenters. The average Bonchev–Trinajstić information content (AvgIpc) is 2.83. The van der Waals surface area contributed by atoms with Crippen molar-refractivity contribution in [2.24, 2.45) is 45.3 Å². The number of rotatable bonds is 1. The van der Waals surface area contributed by atoms with Gasteiger partial charge in [0.15, 0.2) is 11.6 Å². The summed E-state index contributed by atoms with van der Waals surface area (Å²) in [5, 5.41) is 6.11. The van der Waals surface area contributed by atoms with Gasteiger partial charge in [-0.1, -0.05) is 53.2 Å². The SMILES string of the molecule is [C-]#[N+]C1=C[C@]2(C)C3=CC(=O)[C@@H]4[C@@H]5CC(C)(C)CC[C@]5(NC(=O)NC)CC[C@@]4(C)[C@]3(C)CC[C@H]2[C@H](C)C1=O. The van der Waals surface area contributed by atoms with E-state index in [1.165, 1.54) is 0 Å². The van der Waals surface area contributed by atoms with Crippen LogP contribution in [0, 0.1) is 51.9 Å². The van der Waals surface area contributed by atoms with E-state index in [9.17, 15) is 14.4 Å². The number of hydrogen-bond donors (Lipinski definition) is 2. The molecule has 0 spiro atoms. The van der Waals surface area contributed by atoms with E-state index < -0.39 is 5.41 Å². The van der Waals surface area contributed by atoms with Crippen LogP contribution in [0.4, 0.5) is 4.79 Å².